The number of nitrogen functional groups attached to an aromatic ring is 1. The minimum atomic E-state index is -4.80. The first-order valence-electron chi connectivity index (χ1n) is 27.2. The number of thiol groups is 1. The molecule has 0 bridgehead atoms. The van der Waals surface area contributed by atoms with Crippen LogP contribution in [-0.4, -0.2) is 74.9 Å². The monoisotopic (exact) mass is 1170 g/mol. The molecule has 2 unspecified atom stereocenters. The van der Waals surface area contributed by atoms with Gasteiger partial charge in [0.1, 0.15) is 34.2 Å². The largest absolute Gasteiger partial charge is 0.493 e. The predicted octanol–water partition coefficient (Wildman–Crippen LogP) is 14.2. The van der Waals surface area contributed by atoms with Gasteiger partial charge in [0.15, 0.2) is 18.1 Å². The van der Waals surface area contributed by atoms with Gasteiger partial charge in [0.05, 0.1) is 37.0 Å². The standard InChI is InChI=1S/C64H63N7O11S2/c1-6-64(2,3)61(73)62(74)71-33-12-11-20-52(71)63(75)82-53(31-21-39-22-32-54(79-4)55(34-39)80-5)42-14-13-15-45(35-42)81-38-58(72)66-60-49-19-10-8-17-47(49)57(84(76,77)78)37-51(60)70-68-44-29-25-41(26-30-44)40-23-27-43(28-24-40)67-69-50-36-56(83)46-16-7-9-18-48(46)59(50)65/h7-10,13-19,22-30,32,34-37,52-53,83H,6,11-12,20-21,31,33,38,65H2,1-5H3,(H,66,72)(H,76,77,78). The molecule has 0 spiro atoms. The molecule has 432 valence electrons. The number of likely N-dealkylation sites (tertiary alicyclic amines) is 1. The molecule has 8 aromatic carbocycles. The highest BCUT2D eigenvalue weighted by molar-refractivity contribution is 7.86. The summed E-state index contributed by atoms with van der Waals surface area (Å²) in [5, 5.41) is 22.6. The van der Waals surface area contributed by atoms with Crippen molar-refractivity contribution in [1.82, 2.24) is 4.90 Å². The van der Waals surface area contributed by atoms with Gasteiger partial charge in [-0.15, -0.1) is 22.9 Å². The van der Waals surface area contributed by atoms with Crippen LogP contribution in [0.1, 0.15) is 70.1 Å². The Hall–Kier alpha value is -8.98. The summed E-state index contributed by atoms with van der Waals surface area (Å²) in [5.41, 5.74) is 10.7. The second-order valence-corrected chi connectivity index (χ2v) is 22.7. The average molecular weight is 1170 g/mol. The minimum absolute atomic E-state index is 0.0719. The lowest BCUT2D eigenvalue weighted by molar-refractivity contribution is -0.164. The van der Waals surface area contributed by atoms with Crippen LogP contribution in [0.4, 0.5) is 34.1 Å². The number of Topliss-reactive ketones (excluding diaryl/α,β-unsaturated/α-hetero) is 1. The van der Waals surface area contributed by atoms with Gasteiger partial charge in [0.25, 0.3) is 21.9 Å². The molecule has 84 heavy (non-hydrogen) atoms. The molecule has 0 saturated carbocycles. The Labute approximate surface area is 492 Å². The number of carbonyl (C=O) groups is 4. The summed E-state index contributed by atoms with van der Waals surface area (Å²) in [6, 6.07) is 42.8. The zero-order valence-corrected chi connectivity index (χ0v) is 48.7. The van der Waals surface area contributed by atoms with Gasteiger partial charge in [-0.3, -0.25) is 18.9 Å². The molecule has 1 saturated heterocycles. The van der Waals surface area contributed by atoms with E-state index in [-0.39, 0.29) is 40.9 Å². The van der Waals surface area contributed by atoms with Gasteiger partial charge < -0.3 is 34.9 Å². The Kier molecular flexibility index (Phi) is 18.5. The van der Waals surface area contributed by atoms with Crippen LogP contribution in [0.5, 0.6) is 17.2 Å². The molecule has 0 radical (unpaired) electrons. The van der Waals surface area contributed by atoms with Crippen molar-refractivity contribution < 1.29 is 51.1 Å². The molecule has 20 heteroatoms. The Bertz CT molecular complexity index is 3970. The highest BCUT2D eigenvalue weighted by atomic mass is 32.2. The molecule has 0 aliphatic carbocycles. The van der Waals surface area contributed by atoms with Gasteiger partial charge in [-0.25, -0.2) is 4.79 Å². The predicted molar refractivity (Wildman–Crippen MR) is 325 cm³/mol. The number of esters is 1. The van der Waals surface area contributed by atoms with E-state index in [0.717, 1.165) is 38.4 Å². The van der Waals surface area contributed by atoms with E-state index < -0.39 is 62.7 Å². The number of nitrogens with zero attached hydrogens (tertiary/aromatic N) is 5. The first kappa shape index (κ1) is 59.6. The van der Waals surface area contributed by atoms with Crippen molar-refractivity contribution >= 4 is 102 Å². The maximum absolute atomic E-state index is 14.3. The number of benzene rings is 8. The number of ether oxygens (including phenoxy) is 4. The van der Waals surface area contributed by atoms with E-state index in [0.29, 0.717) is 71.9 Å². The number of aryl methyl sites for hydroxylation is 1. The summed E-state index contributed by atoms with van der Waals surface area (Å²) < 4.78 is 59.4. The van der Waals surface area contributed by atoms with Crippen LogP contribution in [-0.2, 0) is 40.5 Å². The van der Waals surface area contributed by atoms with E-state index in [2.05, 4.69) is 38.4 Å². The Morgan fingerprint density at radius 3 is 2.01 bits per heavy atom. The summed E-state index contributed by atoms with van der Waals surface area (Å²) in [7, 11) is -1.71. The van der Waals surface area contributed by atoms with Gasteiger partial charge in [-0.1, -0.05) is 112 Å². The number of hydrogen-bond acceptors (Lipinski definition) is 16. The van der Waals surface area contributed by atoms with E-state index in [4.69, 9.17) is 24.7 Å². The number of piperidine rings is 1. The molecule has 1 fully saturated rings. The summed E-state index contributed by atoms with van der Waals surface area (Å²) in [6.45, 7) is 4.97. The number of ketones is 1. The second kappa shape index (κ2) is 26.1. The molecule has 9 rings (SSSR count). The van der Waals surface area contributed by atoms with Crippen LogP contribution in [0.15, 0.2) is 182 Å². The number of methoxy groups -OCH3 is 2. The Morgan fingerprint density at radius 2 is 1.37 bits per heavy atom. The molecule has 2 amide bonds. The maximum atomic E-state index is 14.3. The van der Waals surface area contributed by atoms with E-state index >= 15 is 0 Å². The number of anilines is 2. The summed E-state index contributed by atoms with van der Waals surface area (Å²) in [6.07, 6.45) is 1.90. The van der Waals surface area contributed by atoms with Crippen molar-refractivity contribution in [2.45, 2.75) is 81.2 Å². The zero-order chi connectivity index (χ0) is 59.7. The van der Waals surface area contributed by atoms with Crippen molar-refractivity contribution in [3.8, 4) is 28.4 Å². The quantitative estimate of drug-likeness (QED) is 0.0131. The van der Waals surface area contributed by atoms with E-state index in [9.17, 15) is 32.1 Å². The van der Waals surface area contributed by atoms with Crippen LogP contribution >= 0.6 is 12.6 Å². The third-order valence-electron chi connectivity index (χ3n) is 14.9. The first-order valence-corrected chi connectivity index (χ1v) is 29.1. The fourth-order valence-corrected chi connectivity index (χ4v) is 10.9. The maximum Gasteiger partial charge on any atom is 0.329 e. The molecule has 0 aromatic heterocycles. The van der Waals surface area contributed by atoms with E-state index in [1.807, 2.05) is 79.7 Å². The number of nitrogens with one attached hydrogen (secondary N) is 1. The van der Waals surface area contributed by atoms with Gasteiger partial charge in [-0.2, -0.15) is 18.6 Å². The second-order valence-electron chi connectivity index (χ2n) is 20.8. The van der Waals surface area contributed by atoms with Crippen LogP contribution in [0.3, 0.4) is 0 Å². The zero-order valence-electron chi connectivity index (χ0n) is 46.9. The minimum Gasteiger partial charge on any atom is -0.493 e. The third-order valence-corrected chi connectivity index (χ3v) is 16.2. The number of fused-ring (bicyclic) bond motifs is 2. The lowest BCUT2D eigenvalue weighted by Crippen LogP contribution is -2.53. The molecule has 2 atom stereocenters. The molecule has 8 aromatic rings. The number of azo groups is 2. The van der Waals surface area contributed by atoms with E-state index in [1.165, 1.54) is 18.1 Å². The first-order chi connectivity index (χ1) is 40.3. The lowest BCUT2D eigenvalue weighted by atomic mass is 9.84. The number of nitrogens with two attached hydrogens (primary N) is 1. The van der Waals surface area contributed by atoms with Crippen LogP contribution in [0.25, 0.3) is 32.7 Å². The Morgan fingerprint density at radius 1 is 0.738 bits per heavy atom. The fraction of sp³-hybridized carbons (Fsp3) is 0.250. The van der Waals surface area contributed by atoms with Crippen LogP contribution in [0.2, 0.25) is 0 Å². The van der Waals surface area contributed by atoms with Crippen molar-refractivity contribution in [1.29, 1.82) is 0 Å². The highest BCUT2D eigenvalue weighted by Gasteiger charge is 2.41. The normalized spacial score (nSPS) is 14.2. The average Bonchev–Trinajstić information content (AvgIpc) is 2.77. The molecule has 1 heterocycles. The van der Waals surface area contributed by atoms with Crippen molar-refractivity contribution in [2.75, 3.05) is 38.4 Å². The van der Waals surface area contributed by atoms with Gasteiger partial charge in [-0.05, 0) is 127 Å². The van der Waals surface area contributed by atoms with Gasteiger partial charge in [0, 0.05) is 33.0 Å². The molecular formula is C64H63N7O11S2. The molecular weight excluding hydrogens is 1110 g/mol. The third kappa shape index (κ3) is 13.7. The number of hydrogen-bond donors (Lipinski definition) is 4. The topological polar surface area (TPSA) is 250 Å². The highest BCUT2D eigenvalue weighted by Crippen LogP contribution is 2.41. The molecule has 18 nitrogen and oxygen atoms in total. The summed E-state index contributed by atoms with van der Waals surface area (Å²) in [5.74, 6) is -1.25. The van der Waals surface area contributed by atoms with Gasteiger partial charge >= 0.3 is 5.97 Å². The SMILES string of the molecule is CCC(C)(C)C(=O)C(=O)N1CCCCC1C(=O)OC(CCc1ccc(OC)c(OC)c1)c1cccc(OCC(=O)Nc2c(N=Nc3ccc(-c4ccc(N=Nc5cc(S)c6ccccc6c5N)cc4)cc3)cc(S(=O)(=O)O)c3ccccc23)c1. The number of rotatable bonds is 21. The number of amides is 2. The lowest BCUT2D eigenvalue weighted by Gasteiger charge is -2.36. The molecule has 1 aliphatic rings. The van der Waals surface area contributed by atoms with Crippen molar-refractivity contribution in [3.63, 3.8) is 0 Å². The summed E-state index contributed by atoms with van der Waals surface area (Å²) >= 11 is 4.61. The fourth-order valence-electron chi connectivity index (χ4n) is 9.84. The van der Waals surface area contributed by atoms with Crippen LogP contribution in [0, 0.1) is 5.41 Å². The molecule has 4 N–H and O–H groups in total. The smallest absolute Gasteiger partial charge is 0.329 e. The number of carbonyl (C=O) groups excluding carboxylic acids is 4. The van der Waals surface area contributed by atoms with Crippen molar-refractivity contribution in [2.24, 2.45) is 25.9 Å². The van der Waals surface area contributed by atoms with Gasteiger partial charge in [0.2, 0.25) is 5.78 Å². The molecule has 1 aliphatic heterocycles. The summed E-state index contributed by atoms with van der Waals surface area (Å²) in [4.78, 5) is 57.0. The van der Waals surface area contributed by atoms with Crippen LogP contribution < -0.4 is 25.3 Å². The Balaban J connectivity index is 0.924. The van der Waals surface area contributed by atoms with E-state index in [1.54, 1.807) is 87.7 Å². The van der Waals surface area contributed by atoms with Crippen molar-refractivity contribution in [3.05, 3.63) is 163 Å².